The molecule has 0 aliphatic heterocycles. The van der Waals surface area contributed by atoms with Gasteiger partial charge in [-0.05, 0) is 55.3 Å². The number of hydrogen-bond donors (Lipinski definition) is 2. The van der Waals surface area contributed by atoms with E-state index in [2.05, 4.69) is 10.6 Å². The fourth-order valence-electron chi connectivity index (χ4n) is 2.01. The second kappa shape index (κ2) is 5.57. The van der Waals surface area contributed by atoms with E-state index < -0.39 is 0 Å². The van der Waals surface area contributed by atoms with Crippen LogP contribution in [-0.2, 0) is 0 Å². The minimum absolute atomic E-state index is 0.0867. The quantitative estimate of drug-likeness (QED) is 0.878. The maximum Gasteiger partial charge on any atom is 0.255 e. The summed E-state index contributed by atoms with van der Waals surface area (Å²) in [6.07, 6.45) is 0. The molecule has 0 aromatic heterocycles. The average molecular weight is 254 g/mol. The van der Waals surface area contributed by atoms with Gasteiger partial charge in [-0.25, -0.2) is 0 Å². The van der Waals surface area contributed by atoms with Crippen LogP contribution in [-0.4, -0.2) is 13.0 Å². The van der Waals surface area contributed by atoms with Crippen molar-refractivity contribution in [3.8, 4) is 0 Å². The molecule has 0 unspecified atom stereocenters. The van der Waals surface area contributed by atoms with Gasteiger partial charge in [0.15, 0.2) is 0 Å². The third-order valence-corrected chi connectivity index (χ3v) is 3.03. The first kappa shape index (κ1) is 13.1. The summed E-state index contributed by atoms with van der Waals surface area (Å²) in [4.78, 5) is 12.1. The largest absolute Gasteiger partial charge is 0.388 e. The highest BCUT2D eigenvalue weighted by Gasteiger charge is 2.07. The van der Waals surface area contributed by atoms with Gasteiger partial charge in [0.25, 0.3) is 5.91 Å². The van der Waals surface area contributed by atoms with Crippen LogP contribution in [0.3, 0.4) is 0 Å². The van der Waals surface area contributed by atoms with Crippen molar-refractivity contribution in [3.63, 3.8) is 0 Å². The standard InChI is InChI=1S/C16H18N2O/c1-11-5-4-6-14(9-11)18-16(19)13-7-8-15(17-3)12(2)10-13/h4-10,17H,1-3H3,(H,18,19). The maximum absolute atomic E-state index is 12.1. The van der Waals surface area contributed by atoms with Crippen LogP contribution in [0.25, 0.3) is 0 Å². The molecule has 0 radical (unpaired) electrons. The van der Waals surface area contributed by atoms with E-state index >= 15 is 0 Å². The van der Waals surface area contributed by atoms with Crippen molar-refractivity contribution in [1.29, 1.82) is 0 Å². The molecule has 0 aliphatic rings. The lowest BCUT2D eigenvalue weighted by Crippen LogP contribution is -2.12. The molecular weight excluding hydrogens is 236 g/mol. The smallest absolute Gasteiger partial charge is 0.255 e. The highest BCUT2D eigenvalue weighted by molar-refractivity contribution is 6.04. The van der Waals surface area contributed by atoms with Crippen LogP contribution >= 0.6 is 0 Å². The van der Waals surface area contributed by atoms with Gasteiger partial charge in [-0.15, -0.1) is 0 Å². The van der Waals surface area contributed by atoms with E-state index in [0.29, 0.717) is 5.56 Å². The Balaban J connectivity index is 2.18. The van der Waals surface area contributed by atoms with Gasteiger partial charge >= 0.3 is 0 Å². The Morgan fingerprint density at radius 1 is 1.05 bits per heavy atom. The molecule has 3 heteroatoms. The van der Waals surface area contributed by atoms with Crippen LogP contribution in [0, 0.1) is 13.8 Å². The number of hydrogen-bond acceptors (Lipinski definition) is 2. The molecule has 0 spiro atoms. The van der Waals surface area contributed by atoms with Crippen LogP contribution in [0.1, 0.15) is 21.5 Å². The third-order valence-electron chi connectivity index (χ3n) is 3.03. The fourth-order valence-corrected chi connectivity index (χ4v) is 2.01. The van der Waals surface area contributed by atoms with E-state index in [0.717, 1.165) is 22.5 Å². The number of anilines is 2. The highest BCUT2D eigenvalue weighted by Crippen LogP contribution is 2.17. The van der Waals surface area contributed by atoms with Gasteiger partial charge in [0.05, 0.1) is 0 Å². The monoisotopic (exact) mass is 254 g/mol. The molecule has 0 heterocycles. The lowest BCUT2D eigenvalue weighted by Gasteiger charge is -2.09. The normalized spacial score (nSPS) is 10.1. The van der Waals surface area contributed by atoms with Crippen molar-refractivity contribution < 1.29 is 4.79 Å². The minimum Gasteiger partial charge on any atom is -0.388 e. The second-order valence-electron chi connectivity index (χ2n) is 4.60. The topological polar surface area (TPSA) is 41.1 Å². The molecule has 19 heavy (non-hydrogen) atoms. The van der Waals surface area contributed by atoms with Gasteiger partial charge < -0.3 is 10.6 Å². The fraction of sp³-hybridized carbons (Fsp3) is 0.188. The number of amides is 1. The predicted molar refractivity (Wildman–Crippen MR) is 79.9 cm³/mol. The number of carbonyl (C=O) groups excluding carboxylic acids is 1. The molecular formula is C16H18N2O. The number of carbonyl (C=O) groups is 1. The van der Waals surface area contributed by atoms with Gasteiger partial charge in [0, 0.05) is 24.0 Å². The summed E-state index contributed by atoms with van der Waals surface area (Å²) in [5.41, 5.74) is 4.70. The lowest BCUT2D eigenvalue weighted by molar-refractivity contribution is 0.102. The van der Waals surface area contributed by atoms with E-state index in [-0.39, 0.29) is 5.91 Å². The Kier molecular flexibility index (Phi) is 3.85. The highest BCUT2D eigenvalue weighted by atomic mass is 16.1. The van der Waals surface area contributed by atoms with Gasteiger partial charge in [-0.3, -0.25) is 4.79 Å². The zero-order chi connectivity index (χ0) is 13.8. The maximum atomic E-state index is 12.1. The first-order valence-electron chi connectivity index (χ1n) is 6.26. The Bertz CT molecular complexity index is 605. The first-order chi connectivity index (χ1) is 9.10. The third kappa shape index (κ3) is 3.13. The number of rotatable bonds is 3. The zero-order valence-corrected chi connectivity index (χ0v) is 11.4. The summed E-state index contributed by atoms with van der Waals surface area (Å²) < 4.78 is 0. The van der Waals surface area contributed by atoms with Crippen LogP contribution in [0.2, 0.25) is 0 Å². The summed E-state index contributed by atoms with van der Waals surface area (Å²) in [5.74, 6) is -0.0867. The van der Waals surface area contributed by atoms with Gasteiger partial charge in [0.1, 0.15) is 0 Å². The van der Waals surface area contributed by atoms with E-state index in [1.807, 2.05) is 63.4 Å². The number of benzene rings is 2. The predicted octanol–water partition coefficient (Wildman–Crippen LogP) is 3.60. The molecule has 0 bridgehead atoms. The molecule has 0 fully saturated rings. The molecule has 2 N–H and O–H groups in total. The van der Waals surface area contributed by atoms with Crippen molar-refractivity contribution in [2.75, 3.05) is 17.7 Å². The Morgan fingerprint density at radius 3 is 2.47 bits per heavy atom. The first-order valence-corrected chi connectivity index (χ1v) is 6.26. The van der Waals surface area contributed by atoms with Gasteiger partial charge in [-0.2, -0.15) is 0 Å². The van der Waals surface area contributed by atoms with E-state index in [9.17, 15) is 4.79 Å². The molecule has 0 atom stereocenters. The van der Waals surface area contributed by atoms with E-state index in [1.54, 1.807) is 0 Å². The second-order valence-corrected chi connectivity index (χ2v) is 4.60. The Labute approximate surface area is 113 Å². The molecule has 2 aromatic carbocycles. The molecule has 0 saturated carbocycles. The summed E-state index contributed by atoms with van der Waals surface area (Å²) in [6.45, 7) is 3.98. The van der Waals surface area contributed by atoms with Crippen molar-refractivity contribution in [3.05, 3.63) is 59.2 Å². The summed E-state index contributed by atoms with van der Waals surface area (Å²) >= 11 is 0. The average Bonchev–Trinajstić information content (AvgIpc) is 2.38. The minimum atomic E-state index is -0.0867. The molecule has 98 valence electrons. The lowest BCUT2D eigenvalue weighted by atomic mass is 10.1. The van der Waals surface area contributed by atoms with Crippen LogP contribution < -0.4 is 10.6 Å². The molecule has 2 aromatic rings. The van der Waals surface area contributed by atoms with Crippen molar-refractivity contribution in [2.24, 2.45) is 0 Å². The molecule has 0 saturated heterocycles. The van der Waals surface area contributed by atoms with E-state index in [1.165, 1.54) is 0 Å². The van der Waals surface area contributed by atoms with Crippen LogP contribution in [0.15, 0.2) is 42.5 Å². The number of nitrogens with one attached hydrogen (secondary N) is 2. The Hall–Kier alpha value is -2.29. The van der Waals surface area contributed by atoms with Crippen molar-refractivity contribution >= 4 is 17.3 Å². The summed E-state index contributed by atoms with van der Waals surface area (Å²) in [5, 5.41) is 5.99. The van der Waals surface area contributed by atoms with Crippen LogP contribution in [0.4, 0.5) is 11.4 Å². The molecule has 2 rings (SSSR count). The van der Waals surface area contributed by atoms with E-state index in [4.69, 9.17) is 0 Å². The Morgan fingerprint density at radius 2 is 1.84 bits per heavy atom. The van der Waals surface area contributed by atoms with Crippen LogP contribution in [0.5, 0.6) is 0 Å². The summed E-state index contributed by atoms with van der Waals surface area (Å²) in [6, 6.07) is 13.4. The molecule has 1 amide bonds. The molecule has 3 nitrogen and oxygen atoms in total. The molecule has 0 aliphatic carbocycles. The van der Waals surface area contributed by atoms with Crippen molar-refractivity contribution in [1.82, 2.24) is 0 Å². The number of aryl methyl sites for hydroxylation is 2. The zero-order valence-electron chi connectivity index (χ0n) is 11.4. The van der Waals surface area contributed by atoms with Gasteiger partial charge in [-0.1, -0.05) is 12.1 Å². The SMILES string of the molecule is CNc1ccc(C(=O)Nc2cccc(C)c2)cc1C. The van der Waals surface area contributed by atoms with Crippen molar-refractivity contribution in [2.45, 2.75) is 13.8 Å². The van der Waals surface area contributed by atoms with Gasteiger partial charge in [0.2, 0.25) is 0 Å². The summed E-state index contributed by atoms with van der Waals surface area (Å²) in [7, 11) is 1.87.